The van der Waals surface area contributed by atoms with Gasteiger partial charge in [0.15, 0.2) is 0 Å². The molecule has 0 spiro atoms. The number of nitrogens with one attached hydrogen (secondary N) is 1. The highest BCUT2D eigenvalue weighted by Crippen LogP contribution is 2.50. The Bertz CT molecular complexity index is 1330. The first kappa shape index (κ1) is 29.1. The largest absolute Gasteiger partial charge is 0.472 e. The number of carbonyl (C=O) groups is 2. The molecular formula is C26H22F7N3O4. The van der Waals surface area contributed by atoms with Gasteiger partial charge in [-0.3, -0.25) is 14.5 Å². The molecule has 0 bridgehead atoms. The Balaban J connectivity index is 1.34. The lowest BCUT2D eigenvalue weighted by Gasteiger charge is -2.35. The number of piperazine rings is 1. The number of amides is 2. The number of carbonyl (C=O) groups excluding carboxylic acids is 2. The molecule has 2 amide bonds. The van der Waals surface area contributed by atoms with Crippen molar-refractivity contribution in [1.29, 1.82) is 0 Å². The molecule has 1 saturated heterocycles. The molecule has 0 atom stereocenters. The summed E-state index contributed by atoms with van der Waals surface area (Å²) >= 11 is 0. The highest BCUT2D eigenvalue weighted by Gasteiger charge is 2.71. The molecule has 214 valence electrons. The Morgan fingerprint density at radius 1 is 0.875 bits per heavy atom. The topological polar surface area (TPSA) is 86.0 Å². The predicted molar refractivity (Wildman–Crippen MR) is 127 cm³/mol. The minimum Gasteiger partial charge on any atom is -0.472 e. The Morgan fingerprint density at radius 3 is 2.02 bits per heavy atom. The summed E-state index contributed by atoms with van der Waals surface area (Å²) in [6, 6.07) is 8.37. The van der Waals surface area contributed by atoms with Crippen LogP contribution in [0.15, 0.2) is 65.5 Å². The Labute approximate surface area is 222 Å². The van der Waals surface area contributed by atoms with Gasteiger partial charge in [-0.1, -0.05) is 24.3 Å². The van der Waals surface area contributed by atoms with E-state index >= 15 is 0 Å². The summed E-state index contributed by atoms with van der Waals surface area (Å²) in [5.41, 5.74) is -5.80. The van der Waals surface area contributed by atoms with Crippen molar-refractivity contribution in [3.05, 3.63) is 89.1 Å². The Hall–Kier alpha value is -3.91. The second-order valence-corrected chi connectivity index (χ2v) is 9.13. The van der Waals surface area contributed by atoms with Crippen LogP contribution in [0.5, 0.6) is 0 Å². The van der Waals surface area contributed by atoms with Crippen LogP contribution in [0.3, 0.4) is 0 Å². The van der Waals surface area contributed by atoms with E-state index in [0.717, 1.165) is 18.2 Å². The fourth-order valence-electron chi connectivity index (χ4n) is 4.23. The summed E-state index contributed by atoms with van der Waals surface area (Å²) in [6.45, 7) is 1.32. The third-order valence-electron chi connectivity index (χ3n) is 6.51. The molecule has 2 N–H and O–H groups in total. The van der Waals surface area contributed by atoms with Gasteiger partial charge in [0.25, 0.3) is 17.4 Å². The maximum Gasteiger partial charge on any atom is 0.430 e. The van der Waals surface area contributed by atoms with Gasteiger partial charge in [0.1, 0.15) is 12.1 Å². The normalized spacial score (nSPS) is 15.2. The Morgan fingerprint density at radius 2 is 1.50 bits per heavy atom. The lowest BCUT2D eigenvalue weighted by molar-refractivity contribution is -0.376. The second-order valence-electron chi connectivity index (χ2n) is 9.13. The lowest BCUT2D eigenvalue weighted by Crippen LogP contribution is -2.53. The first-order valence-electron chi connectivity index (χ1n) is 11.8. The lowest BCUT2D eigenvalue weighted by atomic mass is 9.91. The molecule has 4 rings (SSSR count). The smallest absolute Gasteiger partial charge is 0.430 e. The van der Waals surface area contributed by atoms with Gasteiger partial charge in [0.2, 0.25) is 0 Å². The van der Waals surface area contributed by atoms with Gasteiger partial charge in [-0.25, -0.2) is 4.39 Å². The summed E-state index contributed by atoms with van der Waals surface area (Å²) in [5.74, 6) is -1.85. The zero-order chi connectivity index (χ0) is 29.3. The van der Waals surface area contributed by atoms with Crippen LogP contribution in [0.1, 0.15) is 31.8 Å². The van der Waals surface area contributed by atoms with Crippen LogP contribution in [-0.2, 0) is 12.1 Å². The summed E-state index contributed by atoms with van der Waals surface area (Å²) in [6.07, 6.45) is -9.44. The van der Waals surface area contributed by atoms with Crippen molar-refractivity contribution in [3.63, 3.8) is 0 Å². The van der Waals surface area contributed by atoms with Crippen molar-refractivity contribution >= 4 is 17.5 Å². The molecular weight excluding hydrogens is 551 g/mol. The van der Waals surface area contributed by atoms with Crippen molar-refractivity contribution in [2.45, 2.75) is 24.5 Å². The number of halogens is 7. The zero-order valence-corrected chi connectivity index (χ0v) is 20.5. The number of nitrogens with zero attached hydrogens (tertiary/aromatic N) is 2. The van der Waals surface area contributed by atoms with Crippen LogP contribution >= 0.6 is 0 Å². The Kier molecular flexibility index (Phi) is 7.94. The van der Waals surface area contributed by atoms with Crippen LogP contribution in [0.4, 0.5) is 36.4 Å². The number of alkyl halides is 6. The quantitative estimate of drug-likeness (QED) is 0.408. The van der Waals surface area contributed by atoms with Gasteiger partial charge in [-0.05, 0) is 29.8 Å². The molecule has 7 nitrogen and oxygen atoms in total. The number of rotatable bonds is 6. The fourth-order valence-corrected chi connectivity index (χ4v) is 4.23. The van der Waals surface area contributed by atoms with E-state index in [4.69, 9.17) is 4.42 Å². The van der Waals surface area contributed by atoms with Crippen molar-refractivity contribution < 1.29 is 49.8 Å². The fraction of sp³-hybridized carbons (Fsp3) is 0.308. The van der Waals surface area contributed by atoms with E-state index < -0.39 is 41.1 Å². The van der Waals surface area contributed by atoms with Gasteiger partial charge in [-0.15, -0.1) is 0 Å². The van der Waals surface area contributed by atoms with Crippen molar-refractivity contribution in [1.82, 2.24) is 9.80 Å². The SMILES string of the molecule is O=C(Nc1ccc(C(=O)N2CCN(Cc3ccc(C(O)(C(F)(F)F)C(F)(F)F)cc3)CC2)cc1F)c1ccoc1. The molecule has 40 heavy (non-hydrogen) atoms. The minimum absolute atomic E-state index is 0.0599. The van der Waals surface area contributed by atoms with E-state index in [9.17, 15) is 45.4 Å². The average Bonchev–Trinajstić information content (AvgIpc) is 3.44. The molecule has 0 aliphatic carbocycles. The maximum atomic E-state index is 14.6. The van der Waals surface area contributed by atoms with Gasteiger partial charge in [0, 0.05) is 43.9 Å². The summed E-state index contributed by atoms with van der Waals surface area (Å²) < 4.78 is 97.8. The first-order valence-corrected chi connectivity index (χ1v) is 11.8. The highest BCUT2D eigenvalue weighted by molar-refractivity contribution is 6.04. The molecule has 1 fully saturated rings. The standard InChI is InChI=1S/C26H22F7N3O4/c27-20-13-17(3-6-21(20)34-22(37)18-7-12-40-15-18)23(38)36-10-8-35(9-11-36)14-16-1-4-19(5-2-16)24(39,25(28,29)30)26(31,32)33/h1-7,12-13,15,39H,8-11,14H2,(H,34,37). The molecule has 0 unspecified atom stereocenters. The number of anilines is 1. The summed E-state index contributed by atoms with van der Waals surface area (Å²) in [4.78, 5) is 28.3. The first-order chi connectivity index (χ1) is 18.7. The van der Waals surface area contributed by atoms with Crippen molar-refractivity contribution in [2.24, 2.45) is 0 Å². The van der Waals surface area contributed by atoms with Crippen LogP contribution in [0, 0.1) is 5.82 Å². The number of aliphatic hydroxyl groups is 1. The van der Waals surface area contributed by atoms with Crippen LogP contribution < -0.4 is 5.32 Å². The molecule has 14 heteroatoms. The van der Waals surface area contributed by atoms with E-state index in [1.165, 1.54) is 35.6 Å². The van der Waals surface area contributed by atoms with E-state index in [2.05, 4.69) is 5.32 Å². The average molecular weight is 573 g/mol. The zero-order valence-electron chi connectivity index (χ0n) is 20.5. The monoisotopic (exact) mass is 573 g/mol. The van der Waals surface area contributed by atoms with Gasteiger partial charge in [-0.2, -0.15) is 26.3 Å². The van der Waals surface area contributed by atoms with Crippen LogP contribution in [-0.4, -0.2) is 65.3 Å². The molecule has 1 aliphatic rings. The number of hydrogen-bond acceptors (Lipinski definition) is 5. The molecule has 0 radical (unpaired) electrons. The third kappa shape index (κ3) is 5.82. The molecule has 0 saturated carbocycles. The van der Waals surface area contributed by atoms with Gasteiger partial charge >= 0.3 is 12.4 Å². The van der Waals surface area contributed by atoms with E-state index in [1.807, 2.05) is 4.90 Å². The van der Waals surface area contributed by atoms with E-state index in [-0.39, 0.29) is 36.4 Å². The second kappa shape index (κ2) is 10.9. The minimum atomic E-state index is -5.97. The molecule has 2 heterocycles. The highest BCUT2D eigenvalue weighted by atomic mass is 19.4. The summed E-state index contributed by atoms with van der Waals surface area (Å²) in [7, 11) is 0. The maximum absolute atomic E-state index is 14.6. The van der Waals surface area contributed by atoms with Crippen molar-refractivity contribution in [3.8, 4) is 0 Å². The van der Waals surface area contributed by atoms with Crippen LogP contribution in [0.2, 0.25) is 0 Å². The van der Waals surface area contributed by atoms with E-state index in [0.29, 0.717) is 30.8 Å². The molecule has 3 aromatic rings. The van der Waals surface area contributed by atoms with Crippen molar-refractivity contribution in [2.75, 3.05) is 31.5 Å². The van der Waals surface area contributed by atoms with Gasteiger partial charge in [0.05, 0.1) is 17.5 Å². The predicted octanol–water partition coefficient (Wildman–Crippen LogP) is 4.94. The molecule has 1 aliphatic heterocycles. The third-order valence-corrected chi connectivity index (χ3v) is 6.51. The molecule has 1 aromatic heterocycles. The van der Waals surface area contributed by atoms with Crippen LogP contribution in [0.25, 0.3) is 0 Å². The number of furan rings is 1. The molecule has 2 aromatic carbocycles. The number of hydrogen-bond donors (Lipinski definition) is 2. The number of benzene rings is 2. The van der Waals surface area contributed by atoms with E-state index in [1.54, 1.807) is 0 Å². The summed E-state index contributed by atoms with van der Waals surface area (Å²) in [5, 5.41) is 11.9. The van der Waals surface area contributed by atoms with Gasteiger partial charge < -0.3 is 19.7 Å².